The van der Waals surface area contributed by atoms with Gasteiger partial charge < -0.3 is 15.0 Å². The van der Waals surface area contributed by atoms with Gasteiger partial charge in [0.05, 0.1) is 0 Å². The highest BCUT2D eigenvalue weighted by atomic mass is 79.9. The molecule has 2 rings (SSSR count). The van der Waals surface area contributed by atoms with Gasteiger partial charge in [-0.1, -0.05) is 28.1 Å². The number of benzene rings is 1. The predicted octanol–water partition coefficient (Wildman–Crippen LogP) is 3.61. The molecule has 1 aromatic rings. The first-order valence-electron chi connectivity index (χ1n) is 5.97. The second kappa shape index (κ2) is 5.85. The van der Waals surface area contributed by atoms with E-state index in [1.54, 1.807) is 0 Å². The van der Waals surface area contributed by atoms with Crippen molar-refractivity contribution in [2.24, 2.45) is 0 Å². The van der Waals surface area contributed by atoms with Gasteiger partial charge in [0, 0.05) is 16.9 Å². The van der Waals surface area contributed by atoms with Gasteiger partial charge in [-0.15, -0.1) is 0 Å². The molecule has 0 aliphatic carbocycles. The van der Waals surface area contributed by atoms with Crippen molar-refractivity contribution in [3.05, 3.63) is 34.5 Å². The third-order valence-corrected chi connectivity index (χ3v) is 3.72. The van der Waals surface area contributed by atoms with Crippen molar-refractivity contribution in [3.63, 3.8) is 0 Å². The number of alkyl halides is 1. The third-order valence-electron chi connectivity index (χ3n) is 3.16. The van der Waals surface area contributed by atoms with Crippen LogP contribution in [0.5, 0.6) is 5.75 Å². The number of hydroxylamine groups is 2. The van der Waals surface area contributed by atoms with Crippen molar-refractivity contribution in [2.75, 3.05) is 12.1 Å². The summed E-state index contributed by atoms with van der Waals surface area (Å²) < 4.78 is 5.46. The molecular formula is C13H17BrNO2-. The largest absolute Gasteiger partial charge is 0.782 e. The van der Waals surface area contributed by atoms with Gasteiger partial charge in [-0.05, 0) is 37.8 Å². The Hall–Kier alpha value is -0.580. The van der Waals surface area contributed by atoms with Gasteiger partial charge in [0.2, 0.25) is 0 Å². The highest BCUT2D eigenvalue weighted by molar-refractivity contribution is 9.09. The Balaban J connectivity index is 2.09. The molecule has 1 aliphatic rings. The lowest BCUT2D eigenvalue weighted by molar-refractivity contribution is 0.111. The second-order valence-electron chi connectivity index (χ2n) is 4.38. The lowest BCUT2D eigenvalue weighted by atomic mass is 10.0. The van der Waals surface area contributed by atoms with Gasteiger partial charge in [0.1, 0.15) is 12.5 Å². The van der Waals surface area contributed by atoms with Crippen molar-refractivity contribution >= 4 is 15.9 Å². The monoisotopic (exact) mass is 298 g/mol. The van der Waals surface area contributed by atoms with E-state index >= 15 is 0 Å². The van der Waals surface area contributed by atoms with Gasteiger partial charge in [-0.3, -0.25) is 0 Å². The molecule has 0 radical (unpaired) electrons. The summed E-state index contributed by atoms with van der Waals surface area (Å²) in [5.74, 6) is 0.876. The molecule has 0 saturated carbocycles. The molecule has 1 atom stereocenters. The molecule has 1 unspecified atom stereocenters. The van der Waals surface area contributed by atoms with Crippen LogP contribution in [0.1, 0.15) is 36.9 Å². The van der Waals surface area contributed by atoms with Gasteiger partial charge in [-0.25, -0.2) is 0 Å². The molecule has 3 nitrogen and oxygen atoms in total. The Morgan fingerprint density at radius 2 is 2.29 bits per heavy atom. The number of fused-ring (bicyclic) bond motifs is 1. The predicted molar refractivity (Wildman–Crippen MR) is 72.3 cm³/mol. The molecule has 0 bridgehead atoms. The number of rotatable bonds is 4. The van der Waals surface area contributed by atoms with E-state index < -0.39 is 0 Å². The number of ether oxygens (including phenoxy) is 1. The van der Waals surface area contributed by atoms with Gasteiger partial charge in [-0.2, -0.15) is 0 Å². The van der Waals surface area contributed by atoms with Crippen molar-refractivity contribution in [1.82, 2.24) is 5.06 Å². The van der Waals surface area contributed by atoms with Crippen molar-refractivity contribution in [3.8, 4) is 5.75 Å². The Labute approximate surface area is 110 Å². The summed E-state index contributed by atoms with van der Waals surface area (Å²) >= 11 is 3.43. The fourth-order valence-electron chi connectivity index (χ4n) is 2.03. The maximum atomic E-state index is 11.4. The summed E-state index contributed by atoms with van der Waals surface area (Å²) in [5.41, 5.74) is 2.28. The van der Waals surface area contributed by atoms with E-state index in [1.807, 2.05) is 13.0 Å². The van der Waals surface area contributed by atoms with Crippen LogP contribution in [0, 0.1) is 5.21 Å². The van der Waals surface area contributed by atoms with Gasteiger partial charge in [0.25, 0.3) is 0 Å². The third kappa shape index (κ3) is 3.00. The van der Waals surface area contributed by atoms with E-state index in [1.165, 1.54) is 18.4 Å². The number of aryl methyl sites for hydroxylation is 1. The van der Waals surface area contributed by atoms with Crippen molar-refractivity contribution in [1.29, 1.82) is 0 Å². The van der Waals surface area contributed by atoms with Crippen LogP contribution in [-0.2, 0) is 6.42 Å². The first-order valence-corrected chi connectivity index (χ1v) is 7.10. The minimum atomic E-state index is -0.102. The number of hydrogen-bond acceptors (Lipinski definition) is 3. The van der Waals surface area contributed by atoms with Crippen LogP contribution in [0.3, 0.4) is 0 Å². The fraction of sp³-hybridized carbons (Fsp3) is 0.538. The van der Waals surface area contributed by atoms with E-state index in [0.29, 0.717) is 0 Å². The van der Waals surface area contributed by atoms with Gasteiger partial charge >= 0.3 is 0 Å². The van der Waals surface area contributed by atoms with Crippen LogP contribution >= 0.6 is 15.9 Å². The zero-order chi connectivity index (χ0) is 12.3. The summed E-state index contributed by atoms with van der Waals surface area (Å²) in [4.78, 5) is 0. The highest BCUT2D eigenvalue weighted by Crippen LogP contribution is 2.33. The molecule has 1 heterocycles. The summed E-state index contributed by atoms with van der Waals surface area (Å²) in [6.45, 7) is 2.05. The second-order valence-corrected chi connectivity index (χ2v) is 5.18. The minimum Gasteiger partial charge on any atom is -0.782 e. The summed E-state index contributed by atoms with van der Waals surface area (Å²) in [5, 5.41) is 13.5. The lowest BCUT2D eigenvalue weighted by Gasteiger charge is -2.39. The molecule has 0 spiro atoms. The molecule has 0 aromatic heterocycles. The molecular weight excluding hydrogens is 282 g/mol. The number of hydrogen-bond donors (Lipinski definition) is 0. The maximum Gasteiger partial charge on any atom is 0.131 e. The molecule has 94 valence electrons. The van der Waals surface area contributed by atoms with Gasteiger partial charge in [0.15, 0.2) is 0 Å². The summed E-state index contributed by atoms with van der Waals surface area (Å²) in [7, 11) is 0. The Morgan fingerprint density at radius 1 is 1.47 bits per heavy atom. The summed E-state index contributed by atoms with van der Waals surface area (Å²) in [6.07, 6.45) is 3.42. The fourth-order valence-corrected chi connectivity index (χ4v) is 2.42. The maximum absolute atomic E-state index is 11.4. The first kappa shape index (κ1) is 12.9. The van der Waals surface area contributed by atoms with E-state index in [2.05, 4.69) is 28.1 Å². The first-order chi connectivity index (χ1) is 8.22. The van der Waals surface area contributed by atoms with Crippen LogP contribution in [0.4, 0.5) is 0 Å². The molecule has 0 amide bonds. The standard InChI is InChI=1S/C13H17BrNO2/c1-10-12-6-5-11(4-2-3-7-14)8-13(12)17-9-15(10)16/h5-6,8,10H,2-4,7,9H2,1H3/q-1. The minimum absolute atomic E-state index is 0.102. The van der Waals surface area contributed by atoms with Crippen LogP contribution in [0.25, 0.3) is 0 Å². The summed E-state index contributed by atoms with van der Waals surface area (Å²) in [6, 6.07) is 6.10. The average molecular weight is 299 g/mol. The molecule has 0 fully saturated rings. The quantitative estimate of drug-likeness (QED) is 0.629. The van der Waals surface area contributed by atoms with Crippen LogP contribution in [-0.4, -0.2) is 17.1 Å². The topological polar surface area (TPSA) is 35.5 Å². The van der Waals surface area contributed by atoms with E-state index in [9.17, 15) is 5.21 Å². The Morgan fingerprint density at radius 3 is 3.06 bits per heavy atom. The zero-order valence-corrected chi connectivity index (χ0v) is 11.6. The molecule has 4 heteroatoms. The van der Waals surface area contributed by atoms with Crippen LogP contribution in [0.2, 0.25) is 0 Å². The Kier molecular flexibility index (Phi) is 4.42. The lowest BCUT2D eigenvalue weighted by Crippen LogP contribution is -2.30. The molecule has 17 heavy (non-hydrogen) atoms. The van der Waals surface area contributed by atoms with Crippen LogP contribution in [0.15, 0.2) is 18.2 Å². The zero-order valence-electron chi connectivity index (χ0n) is 9.99. The molecule has 1 aliphatic heterocycles. The van der Waals surface area contributed by atoms with Crippen molar-refractivity contribution in [2.45, 2.75) is 32.2 Å². The molecule has 1 aromatic carbocycles. The number of halogens is 1. The van der Waals surface area contributed by atoms with Crippen molar-refractivity contribution < 1.29 is 4.74 Å². The number of unbranched alkanes of at least 4 members (excludes halogenated alkanes) is 1. The molecule has 0 saturated heterocycles. The smallest absolute Gasteiger partial charge is 0.131 e. The van der Waals surface area contributed by atoms with E-state index in [-0.39, 0.29) is 12.8 Å². The Bertz CT molecular complexity index is 384. The van der Waals surface area contributed by atoms with E-state index in [4.69, 9.17) is 4.74 Å². The highest BCUT2D eigenvalue weighted by Gasteiger charge is 2.18. The average Bonchev–Trinajstić information content (AvgIpc) is 2.34. The van der Waals surface area contributed by atoms with Crippen LogP contribution < -0.4 is 4.74 Å². The SMILES string of the molecule is CC1c2ccc(CCCCBr)cc2OCN1[O-]. The van der Waals surface area contributed by atoms with E-state index in [0.717, 1.165) is 28.1 Å². The molecule has 0 N–H and O–H groups in total. The normalized spacial score (nSPS) is 19.8. The number of nitrogens with zero attached hydrogens (tertiary/aromatic N) is 1.